The van der Waals surface area contributed by atoms with Gasteiger partial charge in [0, 0.05) is 28.6 Å². The number of fused-ring (bicyclic) bond motifs is 3. The molecular formula is C21H17N3O4S. The van der Waals surface area contributed by atoms with Gasteiger partial charge in [0.1, 0.15) is 28.7 Å². The third-order valence-electron chi connectivity index (χ3n) is 4.73. The van der Waals surface area contributed by atoms with Crippen molar-refractivity contribution >= 4 is 49.7 Å². The Hall–Kier alpha value is -3.52. The Bertz CT molecular complexity index is 1270. The maximum absolute atomic E-state index is 12.9. The van der Waals surface area contributed by atoms with Crippen LogP contribution in [0.4, 0.5) is 11.4 Å². The van der Waals surface area contributed by atoms with Crippen LogP contribution < -0.4 is 25.3 Å². The number of nitrogens with two attached hydrogens (primary N) is 1. The number of thiophene rings is 1. The number of pyridine rings is 1. The second-order valence-electron chi connectivity index (χ2n) is 6.56. The molecule has 5 rings (SSSR count). The minimum atomic E-state index is -0.288. The predicted octanol–water partition coefficient (Wildman–Crippen LogP) is 4.06. The Balaban J connectivity index is 1.49. The summed E-state index contributed by atoms with van der Waals surface area (Å²) >= 11 is 1.26. The first-order chi connectivity index (χ1) is 14.1. The highest BCUT2D eigenvalue weighted by molar-refractivity contribution is 7.21. The topological polar surface area (TPSA) is 95.7 Å². The molecule has 7 nitrogen and oxygen atoms in total. The van der Waals surface area contributed by atoms with Gasteiger partial charge in [-0.1, -0.05) is 0 Å². The number of hydrogen-bond donors (Lipinski definition) is 2. The molecule has 2 aromatic heterocycles. The van der Waals surface area contributed by atoms with Crippen LogP contribution in [0, 0.1) is 0 Å². The standard InChI is InChI=1S/C21H17N3O4S/c1-26-13-4-2-11-8-14-18(22)19(29-21(14)24-15(11)10-13)20(25)23-12-3-5-16-17(9-12)28-7-6-27-16/h2-5,8-10H,6-7,22H2,1H3,(H,23,25). The molecule has 0 saturated carbocycles. The Labute approximate surface area is 170 Å². The Morgan fingerprint density at radius 3 is 2.79 bits per heavy atom. The fourth-order valence-corrected chi connectivity index (χ4v) is 4.26. The third-order valence-corrected chi connectivity index (χ3v) is 5.84. The average molecular weight is 407 g/mol. The first kappa shape index (κ1) is 17.6. The summed E-state index contributed by atoms with van der Waals surface area (Å²) in [5.74, 6) is 1.72. The van der Waals surface area contributed by atoms with Crippen molar-refractivity contribution < 1.29 is 19.0 Å². The van der Waals surface area contributed by atoms with E-state index in [1.54, 1.807) is 25.3 Å². The second-order valence-corrected chi connectivity index (χ2v) is 7.56. The Kier molecular flexibility index (Phi) is 4.13. The number of ether oxygens (including phenoxy) is 3. The van der Waals surface area contributed by atoms with Gasteiger partial charge >= 0.3 is 0 Å². The van der Waals surface area contributed by atoms with E-state index in [0.717, 1.165) is 22.0 Å². The zero-order valence-corrected chi connectivity index (χ0v) is 16.3. The van der Waals surface area contributed by atoms with Gasteiger partial charge < -0.3 is 25.3 Å². The molecule has 2 aromatic carbocycles. The largest absolute Gasteiger partial charge is 0.497 e. The summed E-state index contributed by atoms with van der Waals surface area (Å²) in [4.78, 5) is 18.6. The zero-order valence-electron chi connectivity index (χ0n) is 15.5. The predicted molar refractivity (Wildman–Crippen MR) is 113 cm³/mol. The van der Waals surface area contributed by atoms with E-state index < -0.39 is 0 Å². The first-order valence-corrected chi connectivity index (χ1v) is 9.82. The van der Waals surface area contributed by atoms with Crippen LogP contribution in [-0.4, -0.2) is 31.2 Å². The van der Waals surface area contributed by atoms with Crippen molar-refractivity contribution in [3.8, 4) is 17.2 Å². The lowest BCUT2D eigenvalue weighted by atomic mass is 10.1. The highest BCUT2D eigenvalue weighted by atomic mass is 32.1. The van der Waals surface area contributed by atoms with E-state index in [9.17, 15) is 4.79 Å². The molecule has 0 atom stereocenters. The monoisotopic (exact) mass is 407 g/mol. The second kappa shape index (κ2) is 6.82. The van der Waals surface area contributed by atoms with E-state index in [2.05, 4.69) is 10.3 Å². The Morgan fingerprint density at radius 1 is 1.14 bits per heavy atom. The van der Waals surface area contributed by atoms with Gasteiger partial charge in [0.15, 0.2) is 11.5 Å². The number of hydrogen-bond acceptors (Lipinski definition) is 7. The molecule has 3 N–H and O–H groups in total. The number of carbonyl (C=O) groups excluding carboxylic acids is 1. The number of nitrogens with one attached hydrogen (secondary N) is 1. The van der Waals surface area contributed by atoms with Crippen LogP contribution in [0.3, 0.4) is 0 Å². The van der Waals surface area contributed by atoms with Crippen molar-refractivity contribution in [2.75, 3.05) is 31.4 Å². The number of amides is 1. The van der Waals surface area contributed by atoms with Gasteiger partial charge in [-0.25, -0.2) is 4.98 Å². The molecule has 0 aliphatic carbocycles. The molecule has 0 bridgehead atoms. The number of methoxy groups -OCH3 is 1. The van der Waals surface area contributed by atoms with Gasteiger partial charge in [0.05, 0.1) is 18.3 Å². The zero-order chi connectivity index (χ0) is 20.0. The lowest BCUT2D eigenvalue weighted by molar-refractivity contribution is 0.103. The van der Waals surface area contributed by atoms with Crippen molar-refractivity contribution in [3.63, 3.8) is 0 Å². The number of nitrogens with zero attached hydrogens (tertiary/aromatic N) is 1. The van der Waals surface area contributed by atoms with E-state index in [4.69, 9.17) is 19.9 Å². The molecule has 8 heteroatoms. The molecule has 4 aromatic rings. The van der Waals surface area contributed by atoms with Crippen molar-refractivity contribution in [3.05, 3.63) is 47.3 Å². The van der Waals surface area contributed by atoms with Crippen LogP contribution in [0.1, 0.15) is 9.67 Å². The Morgan fingerprint density at radius 2 is 1.97 bits per heavy atom. The minimum absolute atomic E-state index is 0.288. The molecule has 0 spiro atoms. The fraction of sp³-hybridized carbons (Fsp3) is 0.143. The van der Waals surface area contributed by atoms with Crippen LogP contribution in [0.15, 0.2) is 42.5 Å². The molecule has 3 heterocycles. The lowest BCUT2D eigenvalue weighted by Gasteiger charge is -2.18. The van der Waals surface area contributed by atoms with Crippen molar-refractivity contribution in [2.45, 2.75) is 0 Å². The maximum Gasteiger partial charge on any atom is 0.267 e. The van der Waals surface area contributed by atoms with E-state index in [1.165, 1.54) is 11.3 Å². The van der Waals surface area contributed by atoms with Gasteiger partial charge in [0.2, 0.25) is 0 Å². The third kappa shape index (κ3) is 3.07. The molecule has 1 aliphatic rings. The summed E-state index contributed by atoms with van der Waals surface area (Å²) in [7, 11) is 1.61. The molecule has 0 fully saturated rings. The number of anilines is 2. The number of rotatable bonds is 3. The number of aromatic nitrogens is 1. The quantitative estimate of drug-likeness (QED) is 0.532. The van der Waals surface area contributed by atoms with Crippen LogP contribution in [0.25, 0.3) is 21.1 Å². The van der Waals surface area contributed by atoms with Gasteiger partial charge in [-0.3, -0.25) is 4.79 Å². The van der Waals surface area contributed by atoms with Gasteiger partial charge in [-0.2, -0.15) is 0 Å². The van der Waals surface area contributed by atoms with Crippen molar-refractivity contribution in [1.29, 1.82) is 0 Å². The maximum atomic E-state index is 12.9. The number of carbonyl (C=O) groups is 1. The summed E-state index contributed by atoms with van der Waals surface area (Å²) < 4.78 is 16.3. The molecule has 0 saturated heterocycles. The van der Waals surface area contributed by atoms with Gasteiger partial charge in [-0.05, 0) is 30.3 Å². The number of benzene rings is 2. The highest BCUT2D eigenvalue weighted by Crippen LogP contribution is 2.37. The summed E-state index contributed by atoms with van der Waals surface area (Å²) in [5, 5.41) is 4.57. The first-order valence-electron chi connectivity index (χ1n) is 9.00. The molecule has 1 aliphatic heterocycles. The van der Waals surface area contributed by atoms with Crippen LogP contribution >= 0.6 is 11.3 Å². The van der Waals surface area contributed by atoms with Crippen molar-refractivity contribution in [2.24, 2.45) is 0 Å². The molecule has 146 valence electrons. The molecule has 0 radical (unpaired) electrons. The summed E-state index contributed by atoms with van der Waals surface area (Å²) in [6, 6.07) is 12.9. The fourth-order valence-electron chi connectivity index (χ4n) is 3.28. The molecular weight excluding hydrogens is 390 g/mol. The average Bonchev–Trinajstić information content (AvgIpc) is 3.07. The van der Waals surface area contributed by atoms with Crippen molar-refractivity contribution in [1.82, 2.24) is 4.98 Å². The highest BCUT2D eigenvalue weighted by Gasteiger charge is 2.19. The number of nitrogen functional groups attached to an aromatic ring is 1. The SMILES string of the molecule is COc1ccc2cc3c(N)c(C(=O)Nc4ccc5c(c4)OCCO5)sc3nc2c1. The molecule has 0 unspecified atom stereocenters. The summed E-state index contributed by atoms with van der Waals surface area (Å²) in [5.41, 5.74) is 8.11. The van der Waals surface area contributed by atoms with Crippen LogP contribution in [-0.2, 0) is 0 Å². The van der Waals surface area contributed by atoms with E-state index in [-0.39, 0.29) is 5.91 Å². The molecule has 29 heavy (non-hydrogen) atoms. The van der Waals surface area contributed by atoms with Crippen LogP contribution in [0.2, 0.25) is 0 Å². The van der Waals surface area contributed by atoms with Gasteiger partial charge in [0.25, 0.3) is 5.91 Å². The minimum Gasteiger partial charge on any atom is -0.497 e. The summed E-state index contributed by atoms with van der Waals surface area (Å²) in [6.07, 6.45) is 0. The van der Waals surface area contributed by atoms with E-state index in [0.29, 0.717) is 45.8 Å². The van der Waals surface area contributed by atoms with Gasteiger partial charge in [-0.15, -0.1) is 11.3 Å². The molecule has 1 amide bonds. The van der Waals surface area contributed by atoms with Crippen LogP contribution in [0.5, 0.6) is 17.2 Å². The lowest BCUT2D eigenvalue weighted by Crippen LogP contribution is -2.16. The van der Waals surface area contributed by atoms with E-state index in [1.807, 2.05) is 24.3 Å². The summed E-state index contributed by atoms with van der Waals surface area (Å²) in [6.45, 7) is 1.00. The normalized spacial score (nSPS) is 12.9. The smallest absolute Gasteiger partial charge is 0.267 e. The van der Waals surface area contributed by atoms with E-state index >= 15 is 0 Å².